The van der Waals surface area contributed by atoms with E-state index >= 15 is 0 Å². The Morgan fingerprint density at radius 3 is 2.42 bits per heavy atom. The molecule has 0 radical (unpaired) electrons. The Labute approximate surface area is 261 Å². The van der Waals surface area contributed by atoms with Crippen molar-refractivity contribution in [2.24, 2.45) is 11.8 Å². The Kier molecular flexibility index (Phi) is 9.84. The average molecular weight is 652 g/mol. The van der Waals surface area contributed by atoms with Gasteiger partial charge in [0.25, 0.3) is 0 Å². The quantitative estimate of drug-likeness (QED) is 0.143. The van der Waals surface area contributed by atoms with Gasteiger partial charge in [-0.15, -0.1) is 13.2 Å². The van der Waals surface area contributed by atoms with Crippen molar-refractivity contribution in [3.05, 3.63) is 97.1 Å². The molecular weight excluding hydrogens is 612 g/mol. The fourth-order valence-corrected chi connectivity index (χ4v) is 7.95. The normalized spacial score (nSPS) is 27.9. The van der Waals surface area contributed by atoms with E-state index in [-0.39, 0.29) is 36.4 Å². The van der Waals surface area contributed by atoms with E-state index in [1.54, 1.807) is 17.1 Å². The summed E-state index contributed by atoms with van der Waals surface area (Å²) in [6.45, 7) is 8.00. The van der Waals surface area contributed by atoms with Crippen molar-refractivity contribution in [3.8, 4) is 0 Å². The molecule has 3 heterocycles. The highest BCUT2D eigenvalue weighted by atomic mass is 79.9. The third-order valence-corrected chi connectivity index (χ3v) is 9.67. The Morgan fingerprint density at radius 2 is 1.79 bits per heavy atom. The summed E-state index contributed by atoms with van der Waals surface area (Å²) in [5.74, 6) is -2.93. The van der Waals surface area contributed by atoms with Gasteiger partial charge in [-0.3, -0.25) is 14.4 Å². The molecule has 7 atom stereocenters. The largest absolute Gasteiger partial charge is 0.465 e. The molecule has 0 aliphatic carbocycles. The summed E-state index contributed by atoms with van der Waals surface area (Å²) in [5.41, 5.74) is 0.601. The van der Waals surface area contributed by atoms with Crippen LogP contribution in [0.15, 0.2) is 86.0 Å². The van der Waals surface area contributed by atoms with Gasteiger partial charge in [0.15, 0.2) is 0 Å². The number of rotatable bonds is 14. The summed E-state index contributed by atoms with van der Waals surface area (Å²) in [4.78, 5) is 45.7. The lowest BCUT2D eigenvalue weighted by atomic mass is 9.70. The van der Waals surface area contributed by atoms with E-state index < -0.39 is 41.6 Å². The van der Waals surface area contributed by atoms with E-state index in [0.29, 0.717) is 32.2 Å². The monoisotopic (exact) mass is 650 g/mol. The molecule has 2 aromatic rings. The van der Waals surface area contributed by atoms with E-state index in [1.165, 1.54) is 4.90 Å². The number of amides is 2. The minimum Gasteiger partial charge on any atom is -0.465 e. The number of carbonyl (C=O) groups excluding carboxylic acids is 3. The maximum Gasteiger partial charge on any atom is 0.312 e. The molecule has 1 spiro atoms. The van der Waals surface area contributed by atoms with Crippen LogP contribution in [-0.2, 0) is 36.8 Å². The molecular formula is C34H39BrN2O6. The van der Waals surface area contributed by atoms with Gasteiger partial charge in [-0.05, 0) is 36.8 Å². The predicted octanol–water partition coefficient (Wildman–Crippen LogP) is 4.06. The van der Waals surface area contributed by atoms with Crippen LogP contribution in [0.25, 0.3) is 0 Å². The summed E-state index contributed by atoms with van der Waals surface area (Å²) in [5, 5.41) is 10.7. The molecule has 3 fully saturated rings. The lowest BCUT2D eigenvalue weighted by Crippen LogP contribution is -2.59. The third-order valence-electron chi connectivity index (χ3n) is 8.83. The molecule has 3 aliphatic rings. The second kappa shape index (κ2) is 13.6. The molecule has 9 heteroatoms. The number of halogens is 1. The molecule has 2 bridgehead atoms. The predicted molar refractivity (Wildman–Crippen MR) is 166 cm³/mol. The van der Waals surface area contributed by atoms with Crippen molar-refractivity contribution in [2.75, 3.05) is 19.8 Å². The molecule has 1 N–H and O–H groups in total. The minimum atomic E-state index is -1.25. The lowest BCUT2D eigenvalue weighted by molar-refractivity contribution is -0.156. The lowest BCUT2D eigenvalue weighted by Gasteiger charge is -2.39. The molecule has 0 saturated carbocycles. The number of aliphatic hydroxyl groups excluding tert-OH is 1. The first-order chi connectivity index (χ1) is 20.9. The maximum absolute atomic E-state index is 14.7. The molecule has 2 amide bonds. The molecule has 228 valence electrons. The highest BCUT2D eigenvalue weighted by Gasteiger charge is 2.77. The van der Waals surface area contributed by atoms with Gasteiger partial charge in [0, 0.05) is 17.9 Å². The minimum absolute atomic E-state index is 0.207. The summed E-state index contributed by atoms with van der Waals surface area (Å²) in [6, 6.07) is 17.4. The van der Waals surface area contributed by atoms with Gasteiger partial charge in [-0.1, -0.05) is 88.7 Å². The van der Waals surface area contributed by atoms with Gasteiger partial charge in [-0.25, -0.2) is 0 Å². The second-order valence-corrected chi connectivity index (χ2v) is 12.7. The van der Waals surface area contributed by atoms with Crippen LogP contribution >= 0.6 is 15.9 Å². The van der Waals surface area contributed by atoms with Crippen LogP contribution in [0.5, 0.6) is 0 Å². The van der Waals surface area contributed by atoms with Gasteiger partial charge in [0.2, 0.25) is 11.8 Å². The van der Waals surface area contributed by atoms with E-state index in [1.807, 2.05) is 60.7 Å². The van der Waals surface area contributed by atoms with Crippen LogP contribution in [0, 0.1) is 11.8 Å². The number of allylic oxidation sites excluding steroid dienone is 1. The Hall–Kier alpha value is -3.27. The van der Waals surface area contributed by atoms with Crippen LogP contribution in [0.2, 0.25) is 0 Å². The number of hydrogen-bond acceptors (Lipinski definition) is 6. The number of unbranched alkanes of at least 4 members (excludes halogenated alkanes) is 1. The fourth-order valence-electron chi connectivity index (χ4n) is 7.01. The SMILES string of the molecule is C=CCCCOC(=O)[C@H]1[C@H]2C(=O)N([C@@H](CO)Cc3ccccc3)C(C(=O)N(CC=C)Cc3ccccc3)C23CC(Br)[C@@H]1O3. The molecule has 3 saturated heterocycles. The summed E-state index contributed by atoms with van der Waals surface area (Å²) >= 11 is 3.71. The van der Waals surface area contributed by atoms with Gasteiger partial charge in [0.1, 0.15) is 11.6 Å². The standard InChI is InChI=1S/C34H39BrN2O6/c1-3-5-12-18-42-33(41)27-28-31(39)37(25(22-38)19-23-13-8-6-9-14-23)30(34(28)20-26(35)29(27)43-34)32(40)36(17-4-2)21-24-15-10-7-11-16-24/h3-4,6-11,13-16,25-30,38H,1-2,5,12,17-22H2/t25-,26?,27+,28+,29+,30?,34?/m1/s1. The molecule has 5 rings (SSSR count). The Bertz CT molecular complexity index is 1320. The number of esters is 1. The number of benzene rings is 2. The zero-order chi connectivity index (χ0) is 30.6. The number of nitrogens with zero attached hydrogens (tertiary/aromatic N) is 2. The summed E-state index contributed by atoms with van der Waals surface area (Å²) in [7, 11) is 0. The number of hydrogen-bond donors (Lipinski definition) is 1. The van der Waals surface area contributed by atoms with Crippen molar-refractivity contribution < 1.29 is 29.0 Å². The van der Waals surface area contributed by atoms with Crippen LogP contribution in [0.4, 0.5) is 0 Å². The zero-order valence-electron chi connectivity index (χ0n) is 24.2. The van der Waals surface area contributed by atoms with Crippen LogP contribution in [0.1, 0.15) is 30.4 Å². The molecule has 43 heavy (non-hydrogen) atoms. The molecule has 2 aromatic carbocycles. The average Bonchev–Trinajstić information content (AvgIpc) is 3.62. The van der Waals surface area contributed by atoms with Crippen molar-refractivity contribution >= 4 is 33.7 Å². The van der Waals surface area contributed by atoms with Crippen molar-refractivity contribution in [3.63, 3.8) is 0 Å². The van der Waals surface area contributed by atoms with Gasteiger partial charge < -0.3 is 24.4 Å². The topological polar surface area (TPSA) is 96.4 Å². The Morgan fingerprint density at radius 1 is 1.12 bits per heavy atom. The number of carbonyl (C=O) groups is 3. The smallest absolute Gasteiger partial charge is 0.312 e. The fraction of sp³-hybridized carbons (Fsp3) is 0.441. The third kappa shape index (κ3) is 5.95. The van der Waals surface area contributed by atoms with Crippen LogP contribution < -0.4 is 0 Å². The van der Waals surface area contributed by atoms with Gasteiger partial charge >= 0.3 is 5.97 Å². The number of alkyl halides is 1. The van der Waals surface area contributed by atoms with Crippen LogP contribution in [-0.4, -0.2) is 81.1 Å². The Balaban J connectivity index is 1.54. The summed E-state index contributed by atoms with van der Waals surface area (Å²) in [6.07, 6.45) is 4.86. The summed E-state index contributed by atoms with van der Waals surface area (Å²) < 4.78 is 12.3. The van der Waals surface area contributed by atoms with Crippen molar-refractivity contribution in [1.29, 1.82) is 0 Å². The van der Waals surface area contributed by atoms with E-state index in [0.717, 1.165) is 11.1 Å². The van der Waals surface area contributed by atoms with Gasteiger partial charge in [-0.2, -0.15) is 0 Å². The van der Waals surface area contributed by atoms with Crippen molar-refractivity contribution in [2.45, 2.75) is 60.8 Å². The zero-order valence-corrected chi connectivity index (χ0v) is 25.8. The molecule has 8 nitrogen and oxygen atoms in total. The molecule has 0 aromatic heterocycles. The number of likely N-dealkylation sites (tertiary alicyclic amines) is 1. The van der Waals surface area contributed by atoms with Crippen molar-refractivity contribution in [1.82, 2.24) is 9.80 Å². The van der Waals surface area contributed by atoms with E-state index in [4.69, 9.17) is 9.47 Å². The first kappa shape index (κ1) is 31.2. The number of aliphatic hydroxyl groups is 1. The number of fused-ring (bicyclic) bond motifs is 1. The van der Waals surface area contributed by atoms with Gasteiger partial charge in [0.05, 0.1) is 37.2 Å². The highest BCUT2D eigenvalue weighted by Crippen LogP contribution is 2.60. The first-order valence-electron chi connectivity index (χ1n) is 14.9. The molecule has 3 unspecified atom stereocenters. The van der Waals surface area contributed by atoms with Crippen LogP contribution in [0.3, 0.4) is 0 Å². The maximum atomic E-state index is 14.7. The van der Waals surface area contributed by atoms with E-state index in [2.05, 4.69) is 29.1 Å². The highest BCUT2D eigenvalue weighted by molar-refractivity contribution is 9.09. The molecule has 3 aliphatic heterocycles. The first-order valence-corrected chi connectivity index (χ1v) is 15.8. The van der Waals surface area contributed by atoms with E-state index in [9.17, 15) is 19.5 Å². The second-order valence-electron chi connectivity index (χ2n) is 11.5. The number of ether oxygens (including phenoxy) is 2.